The number of amides is 1. The fraction of sp³-hybridized carbons (Fsp3) is 0.423. The minimum atomic E-state index is -2.63. The molecule has 1 heterocycles. The number of hydrogen-bond acceptors (Lipinski definition) is 3. The molecule has 1 aliphatic heterocycles. The van der Waals surface area contributed by atoms with Crippen molar-refractivity contribution in [2.45, 2.75) is 64.6 Å². The molecule has 31 heavy (non-hydrogen) atoms. The van der Waals surface area contributed by atoms with E-state index < -0.39 is 13.9 Å². The molecule has 3 rings (SSSR count). The lowest BCUT2D eigenvalue weighted by Gasteiger charge is -2.44. The third-order valence-electron chi connectivity index (χ3n) is 5.58. The Morgan fingerprint density at radius 1 is 0.935 bits per heavy atom. The molecule has 0 fully saturated rings. The van der Waals surface area contributed by atoms with Gasteiger partial charge in [-0.1, -0.05) is 87.5 Å². The third kappa shape index (κ3) is 5.10. The zero-order valence-electron chi connectivity index (χ0n) is 19.6. The van der Waals surface area contributed by atoms with Gasteiger partial charge >= 0.3 is 6.09 Å². The van der Waals surface area contributed by atoms with Crippen molar-refractivity contribution >= 4 is 24.8 Å². The van der Waals surface area contributed by atoms with E-state index in [1.165, 1.54) is 10.4 Å². The van der Waals surface area contributed by atoms with E-state index in [-0.39, 0.29) is 17.2 Å². The fourth-order valence-corrected chi connectivity index (χ4v) is 8.82. The first-order valence-corrected chi connectivity index (χ1v) is 12.9. The number of carbonyl (C=O) groups excluding carboxylic acids is 1. The largest absolute Gasteiger partial charge is 0.443 e. The van der Waals surface area contributed by atoms with Crippen LogP contribution >= 0.6 is 0 Å². The first kappa shape index (κ1) is 23.3. The maximum Gasteiger partial charge on any atom is 0.414 e. The Bertz CT molecular complexity index is 858. The SMILES string of the molecule is CC(C)(C)OC(=O)N1C=CC[C@H]1CO[Si](c1ccccc1)(c1ccccc1)C(C)(C)C. The molecule has 4 nitrogen and oxygen atoms in total. The second-order valence-electron chi connectivity index (χ2n) is 10.1. The number of nitrogens with zero attached hydrogens (tertiary/aromatic N) is 1. The monoisotopic (exact) mass is 437 g/mol. The number of hydrogen-bond donors (Lipinski definition) is 0. The van der Waals surface area contributed by atoms with Gasteiger partial charge in [0.1, 0.15) is 5.60 Å². The van der Waals surface area contributed by atoms with Gasteiger partial charge in [-0.2, -0.15) is 0 Å². The van der Waals surface area contributed by atoms with Gasteiger partial charge in [-0.15, -0.1) is 0 Å². The molecule has 0 N–H and O–H groups in total. The third-order valence-corrected chi connectivity index (χ3v) is 10.6. The molecule has 166 valence electrons. The Balaban J connectivity index is 1.94. The summed E-state index contributed by atoms with van der Waals surface area (Å²) in [5.41, 5.74) is -0.531. The Morgan fingerprint density at radius 2 is 1.45 bits per heavy atom. The van der Waals surface area contributed by atoms with E-state index in [0.717, 1.165) is 6.42 Å². The highest BCUT2D eigenvalue weighted by molar-refractivity contribution is 6.99. The van der Waals surface area contributed by atoms with Gasteiger partial charge in [0.2, 0.25) is 0 Å². The highest BCUT2D eigenvalue weighted by Gasteiger charge is 2.50. The summed E-state index contributed by atoms with van der Waals surface area (Å²) in [5.74, 6) is 0. The van der Waals surface area contributed by atoms with Crippen molar-refractivity contribution in [3.8, 4) is 0 Å². The standard InChI is InChI=1S/C26H35NO3Si/c1-25(2,3)30-24(28)27-19-13-14-21(27)20-29-31(26(4,5)6,22-15-9-7-10-16-22)23-17-11-8-12-18-23/h7-13,15-19,21H,14,20H2,1-6H3/t21-/m0/s1. The van der Waals surface area contributed by atoms with Crippen LogP contribution in [-0.2, 0) is 9.16 Å². The van der Waals surface area contributed by atoms with E-state index >= 15 is 0 Å². The zero-order chi connectivity index (χ0) is 22.7. The minimum absolute atomic E-state index is 0.0727. The Morgan fingerprint density at radius 3 is 1.90 bits per heavy atom. The van der Waals surface area contributed by atoms with Crippen molar-refractivity contribution in [2.75, 3.05) is 6.61 Å². The number of carbonyl (C=O) groups is 1. The fourth-order valence-electron chi connectivity index (χ4n) is 4.22. The van der Waals surface area contributed by atoms with E-state index in [0.29, 0.717) is 6.61 Å². The van der Waals surface area contributed by atoms with Crippen LogP contribution in [-0.4, -0.2) is 37.6 Å². The highest BCUT2D eigenvalue weighted by Crippen LogP contribution is 2.37. The van der Waals surface area contributed by atoms with E-state index in [1.807, 2.05) is 45.2 Å². The van der Waals surface area contributed by atoms with Gasteiger partial charge in [0.25, 0.3) is 8.32 Å². The summed E-state index contributed by atoms with van der Waals surface area (Å²) in [6.07, 6.45) is 4.28. The topological polar surface area (TPSA) is 38.8 Å². The second kappa shape index (κ2) is 9.01. The van der Waals surface area contributed by atoms with Crippen LogP contribution in [0.4, 0.5) is 4.79 Å². The number of benzene rings is 2. The molecule has 0 radical (unpaired) electrons. The van der Waals surface area contributed by atoms with Crippen molar-refractivity contribution in [3.63, 3.8) is 0 Å². The first-order chi connectivity index (χ1) is 14.5. The van der Waals surface area contributed by atoms with Gasteiger partial charge in [-0.25, -0.2) is 4.79 Å². The summed E-state index contributed by atoms with van der Waals surface area (Å²) in [6.45, 7) is 12.9. The van der Waals surface area contributed by atoms with E-state index in [2.05, 4.69) is 69.3 Å². The second-order valence-corrected chi connectivity index (χ2v) is 14.4. The van der Waals surface area contributed by atoms with E-state index in [4.69, 9.17) is 9.16 Å². The van der Waals surface area contributed by atoms with Gasteiger partial charge < -0.3 is 9.16 Å². The molecular weight excluding hydrogens is 402 g/mol. The summed E-state index contributed by atoms with van der Waals surface area (Å²) in [6, 6.07) is 21.1. The summed E-state index contributed by atoms with van der Waals surface area (Å²) < 4.78 is 12.6. The highest BCUT2D eigenvalue weighted by atomic mass is 28.4. The molecule has 0 aromatic heterocycles. The molecule has 1 amide bonds. The molecule has 2 aromatic rings. The Kier molecular flexibility index (Phi) is 6.77. The van der Waals surface area contributed by atoms with Crippen LogP contribution in [0.3, 0.4) is 0 Å². The molecule has 0 saturated carbocycles. The lowest BCUT2D eigenvalue weighted by Crippen LogP contribution is -2.67. The quantitative estimate of drug-likeness (QED) is 0.612. The molecule has 2 aromatic carbocycles. The van der Waals surface area contributed by atoms with Gasteiger partial charge in [-0.3, -0.25) is 4.90 Å². The van der Waals surface area contributed by atoms with Crippen molar-refractivity contribution in [1.82, 2.24) is 4.90 Å². The number of rotatable bonds is 5. The van der Waals surface area contributed by atoms with Crippen LogP contribution in [0.25, 0.3) is 0 Å². The van der Waals surface area contributed by atoms with Crippen molar-refractivity contribution in [2.24, 2.45) is 0 Å². The molecule has 0 aliphatic carbocycles. The Labute approximate surface area is 188 Å². The molecule has 5 heteroatoms. The Hall–Kier alpha value is -2.37. The summed E-state index contributed by atoms with van der Waals surface area (Å²) in [4.78, 5) is 14.4. The first-order valence-electron chi connectivity index (χ1n) is 11.0. The van der Waals surface area contributed by atoms with Crippen LogP contribution < -0.4 is 10.4 Å². The lowest BCUT2D eigenvalue weighted by atomic mass is 10.2. The average molecular weight is 438 g/mol. The zero-order valence-corrected chi connectivity index (χ0v) is 20.6. The summed E-state index contributed by atoms with van der Waals surface area (Å²) >= 11 is 0. The smallest absolute Gasteiger partial charge is 0.414 e. The van der Waals surface area contributed by atoms with Crippen molar-refractivity contribution < 1.29 is 14.0 Å². The summed E-state index contributed by atoms with van der Waals surface area (Å²) in [7, 11) is -2.63. The molecular formula is C26H35NO3Si. The van der Waals surface area contributed by atoms with Gasteiger partial charge in [0.15, 0.2) is 0 Å². The van der Waals surface area contributed by atoms with Gasteiger partial charge in [-0.05, 0) is 42.6 Å². The molecule has 0 bridgehead atoms. The van der Waals surface area contributed by atoms with Gasteiger partial charge in [0.05, 0.1) is 12.6 Å². The van der Waals surface area contributed by atoms with Gasteiger partial charge in [0, 0.05) is 6.20 Å². The normalized spacial score (nSPS) is 17.1. The maximum atomic E-state index is 12.7. The van der Waals surface area contributed by atoms with Crippen LogP contribution in [0.5, 0.6) is 0 Å². The van der Waals surface area contributed by atoms with Crippen molar-refractivity contribution in [3.05, 3.63) is 72.9 Å². The average Bonchev–Trinajstić information content (AvgIpc) is 3.17. The molecule has 0 spiro atoms. The lowest BCUT2D eigenvalue weighted by molar-refractivity contribution is 0.0248. The minimum Gasteiger partial charge on any atom is -0.443 e. The van der Waals surface area contributed by atoms with E-state index in [9.17, 15) is 4.79 Å². The van der Waals surface area contributed by atoms with Crippen molar-refractivity contribution in [1.29, 1.82) is 0 Å². The molecule has 1 aliphatic rings. The van der Waals surface area contributed by atoms with Crippen LogP contribution in [0, 0.1) is 0 Å². The van der Waals surface area contributed by atoms with Crippen LogP contribution in [0.15, 0.2) is 72.9 Å². The van der Waals surface area contributed by atoms with E-state index in [1.54, 1.807) is 4.90 Å². The predicted molar refractivity (Wildman–Crippen MR) is 129 cm³/mol. The predicted octanol–water partition coefficient (Wildman–Crippen LogP) is 5.09. The maximum absolute atomic E-state index is 12.7. The summed E-state index contributed by atoms with van der Waals surface area (Å²) in [5, 5.41) is 2.38. The number of ether oxygens (including phenoxy) is 1. The van der Waals surface area contributed by atoms with Crippen LogP contribution in [0.2, 0.25) is 5.04 Å². The molecule has 0 saturated heterocycles. The van der Waals surface area contributed by atoms with Crippen LogP contribution in [0.1, 0.15) is 48.0 Å². The molecule has 1 atom stereocenters. The molecule has 0 unspecified atom stereocenters.